The van der Waals surface area contributed by atoms with Crippen LogP contribution in [0.3, 0.4) is 0 Å². The Morgan fingerprint density at radius 1 is 1.10 bits per heavy atom. The summed E-state index contributed by atoms with van der Waals surface area (Å²) in [5, 5.41) is 8.67. The second-order valence-corrected chi connectivity index (χ2v) is 4.55. The van der Waals surface area contributed by atoms with Gasteiger partial charge in [0.15, 0.2) is 11.5 Å². The first-order chi connectivity index (χ1) is 9.72. The Morgan fingerprint density at radius 3 is 2.65 bits per heavy atom. The summed E-state index contributed by atoms with van der Waals surface area (Å²) in [6, 6.07) is 15.8. The molecule has 0 aliphatic heterocycles. The molecule has 100 valence electrons. The number of oxazole rings is 1. The SMILES string of the molecule is O=C(O)CCc1nc2cc(-c3ccccc3)ccc2o1. The fourth-order valence-corrected chi connectivity index (χ4v) is 2.11. The first-order valence-corrected chi connectivity index (χ1v) is 6.39. The van der Waals surface area contributed by atoms with Gasteiger partial charge in [-0.1, -0.05) is 36.4 Å². The van der Waals surface area contributed by atoms with E-state index in [1.807, 2.05) is 48.5 Å². The summed E-state index contributed by atoms with van der Waals surface area (Å²) < 4.78 is 5.53. The Balaban J connectivity index is 1.93. The van der Waals surface area contributed by atoms with Crippen molar-refractivity contribution in [1.29, 1.82) is 0 Å². The molecular formula is C16H13NO3. The molecule has 0 fully saturated rings. The highest BCUT2D eigenvalue weighted by Gasteiger charge is 2.09. The minimum absolute atomic E-state index is 0.0262. The van der Waals surface area contributed by atoms with Crippen molar-refractivity contribution in [2.75, 3.05) is 0 Å². The summed E-state index contributed by atoms with van der Waals surface area (Å²) in [6.45, 7) is 0. The van der Waals surface area contributed by atoms with Crippen molar-refractivity contribution in [3.05, 3.63) is 54.4 Å². The van der Waals surface area contributed by atoms with Crippen molar-refractivity contribution >= 4 is 17.1 Å². The Labute approximate surface area is 115 Å². The van der Waals surface area contributed by atoms with Crippen LogP contribution in [0.4, 0.5) is 0 Å². The van der Waals surface area contributed by atoms with Gasteiger partial charge in [-0.2, -0.15) is 0 Å². The lowest BCUT2D eigenvalue weighted by Crippen LogP contribution is -1.97. The second kappa shape index (κ2) is 5.17. The quantitative estimate of drug-likeness (QED) is 0.785. The maximum absolute atomic E-state index is 10.6. The van der Waals surface area contributed by atoms with E-state index in [4.69, 9.17) is 9.52 Å². The maximum Gasteiger partial charge on any atom is 0.303 e. The molecule has 0 aliphatic rings. The third-order valence-corrected chi connectivity index (χ3v) is 3.09. The largest absolute Gasteiger partial charge is 0.481 e. The zero-order valence-electron chi connectivity index (χ0n) is 10.7. The van der Waals surface area contributed by atoms with Gasteiger partial charge < -0.3 is 9.52 Å². The number of carboxylic acids is 1. The molecule has 0 aliphatic carbocycles. The van der Waals surface area contributed by atoms with Crippen LogP contribution in [-0.4, -0.2) is 16.1 Å². The molecule has 0 saturated carbocycles. The van der Waals surface area contributed by atoms with E-state index in [0.717, 1.165) is 16.6 Å². The number of carboxylic acid groups (broad SMARTS) is 1. The van der Waals surface area contributed by atoms with Crippen LogP contribution in [0.1, 0.15) is 12.3 Å². The van der Waals surface area contributed by atoms with Gasteiger partial charge in [0.25, 0.3) is 0 Å². The molecule has 0 bridgehead atoms. The number of rotatable bonds is 4. The normalized spacial score (nSPS) is 10.8. The van der Waals surface area contributed by atoms with Crippen LogP contribution in [-0.2, 0) is 11.2 Å². The minimum atomic E-state index is -0.850. The molecule has 20 heavy (non-hydrogen) atoms. The fraction of sp³-hybridized carbons (Fsp3) is 0.125. The number of nitrogens with zero attached hydrogens (tertiary/aromatic N) is 1. The van der Waals surface area contributed by atoms with Gasteiger partial charge in [0.05, 0.1) is 6.42 Å². The van der Waals surface area contributed by atoms with Crippen LogP contribution in [0.15, 0.2) is 52.9 Å². The third-order valence-electron chi connectivity index (χ3n) is 3.09. The van der Waals surface area contributed by atoms with Crippen LogP contribution in [0.25, 0.3) is 22.2 Å². The molecule has 4 heteroatoms. The molecular weight excluding hydrogens is 254 g/mol. The maximum atomic E-state index is 10.6. The lowest BCUT2D eigenvalue weighted by molar-refractivity contribution is -0.137. The van der Waals surface area contributed by atoms with Gasteiger partial charge in [0, 0.05) is 6.42 Å². The lowest BCUT2D eigenvalue weighted by Gasteiger charge is -1.99. The zero-order valence-corrected chi connectivity index (χ0v) is 10.7. The number of benzene rings is 2. The number of aromatic nitrogens is 1. The summed E-state index contributed by atoms with van der Waals surface area (Å²) in [6.07, 6.45) is 0.336. The predicted molar refractivity (Wildman–Crippen MR) is 75.4 cm³/mol. The number of hydrogen-bond acceptors (Lipinski definition) is 3. The zero-order chi connectivity index (χ0) is 13.9. The van der Waals surface area contributed by atoms with Crippen LogP contribution in [0.5, 0.6) is 0 Å². The second-order valence-electron chi connectivity index (χ2n) is 4.55. The van der Waals surface area contributed by atoms with Crippen molar-refractivity contribution in [1.82, 2.24) is 4.98 Å². The van der Waals surface area contributed by atoms with Crippen molar-refractivity contribution < 1.29 is 14.3 Å². The standard InChI is InChI=1S/C16H13NO3/c18-16(19)9-8-15-17-13-10-12(6-7-14(13)20-15)11-4-2-1-3-5-11/h1-7,10H,8-9H2,(H,18,19). The van der Waals surface area contributed by atoms with Crippen LogP contribution in [0, 0.1) is 0 Å². The molecule has 0 amide bonds. The Morgan fingerprint density at radius 2 is 1.90 bits per heavy atom. The van der Waals surface area contributed by atoms with E-state index in [-0.39, 0.29) is 6.42 Å². The van der Waals surface area contributed by atoms with Crippen molar-refractivity contribution in [3.8, 4) is 11.1 Å². The highest BCUT2D eigenvalue weighted by atomic mass is 16.4. The van der Waals surface area contributed by atoms with Gasteiger partial charge in [-0.3, -0.25) is 4.79 Å². The molecule has 1 aromatic heterocycles. The van der Waals surface area contributed by atoms with Gasteiger partial charge in [0.1, 0.15) is 5.52 Å². The monoisotopic (exact) mass is 267 g/mol. The van der Waals surface area contributed by atoms with Crippen LogP contribution >= 0.6 is 0 Å². The topological polar surface area (TPSA) is 63.3 Å². The predicted octanol–water partition coefficient (Wildman–Crippen LogP) is 3.51. The van der Waals surface area contributed by atoms with Gasteiger partial charge in [-0.05, 0) is 23.3 Å². The summed E-state index contributed by atoms with van der Waals surface area (Å²) in [4.78, 5) is 14.9. The summed E-state index contributed by atoms with van der Waals surface area (Å²) in [7, 11) is 0. The molecule has 1 heterocycles. The van der Waals surface area contributed by atoms with E-state index < -0.39 is 5.97 Å². The molecule has 3 rings (SSSR count). The Hall–Kier alpha value is -2.62. The number of carbonyl (C=O) groups is 1. The minimum Gasteiger partial charge on any atom is -0.481 e. The molecule has 2 aromatic carbocycles. The lowest BCUT2D eigenvalue weighted by atomic mass is 10.1. The summed E-state index contributed by atoms with van der Waals surface area (Å²) in [5.41, 5.74) is 3.62. The highest BCUT2D eigenvalue weighted by Crippen LogP contribution is 2.24. The first kappa shape index (κ1) is 12.4. The molecule has 0 saturated heterocycles. The molecule has 0 unspecified atom stereocenters. The van der Waals surface area contributed by atoms with E-state index in [2.05, 4.69) is 4.98 Å². The van der Waals surface area contributed by atoms with Crippen molar-refractivity contribution in [2.24, 2.45) is 0 Å². The van der Waals surface area contributed by atoms with E-state index in [0.29, 0.717) is 17.9 Å². The molecule has 0 spiro atoms. The van der Waals surface area contributed by atoms with Gasteiger partial charge in [0.2, 0.25) is 0 Å². The average Bonchev–Trinajstić information content (AvgIpc) is 2.88. The van der Waals surface area contributed by atoms with Crippen LogP contribution < -0.4 is 0 Å². The van der Waals surface area contributed by atoms with Gasteiger partial charge in [-0.25, -0.2) is 4.98 Å². The Bertz CT molecular complexity index is 747. The summed E-state index contributed by atoms with van der Waals surface area (Å²) >= 11 is 0. The smallest absolute Gasteiger partial charge is 0.303 e. The van der Waals surface area contributed by atoms with Crippen molar-refractivity contribution in [3.63, 3.8) is 0 Å². The van der Waals surface area contributed by atoms with E-state index in [9.17, 15) is 4.79 Å². The van der Waals surface area contributed by atoms with E-state index >= 15 is 0 Å². The fourth-order valence-electron chi connectivity index (χ4n) is 2.11. The molecule has 0 radical (unpaired) electrons. The van der Waals surface area contributed by atoms with E-state index in [1.165, 1.54) is 0 Å². The number of fused-ring (bicyclic) bond motifs is 1. The molecule has 3 aromatic rings. The number of aliphatic carboxylic acids is 1. The van der Waals surface area contributed by atoms with Crippen molar-refractivity contribution in [2.45, 2.75) is 12.8 Å². The number of hydrogen-bond donors (Lipinski definition) is 1. The Kier molecular flexibility index (Phi) is 3.21. The van der Waals surface area contributed by atoms with E-state index in [1.54, 1.807) is 0 Å². The van der Waals surface area contributed by atoms with Gasteiger partial charge >= 0.3 is 5.97 Å². The molecule has 1 N–H and O–H groups in total. The molecule has 0 atom stereocenters. The average molecular weight is 267 g/mol. The highest BCUT2D eigenvalue weighted by molar-refractivity contribution is 5.80. The first-order valence-electron chi connectivity index (χ1n) is 6.39. The van der Waals surface area contributed by atoms with Gasteiger partial charge in [-0.15, -0.1) is 0 Å². The van der Waals surface area contributed by atoms with Crippen LogP contribution in [0.2, 0.25) is 0 Å². The third kappa shape index (κ3) is 2.54. The molecule has 4 nitrogen and oxygen atoms in total. The number of aryl methyl sites for hydroxylation is 1. The summed E-state index contributed by atoms with van der Waals surface area (Å²) in [5.74, 6) is -0.384.